The quantitative estimate of drug-likeness (QED) is 0.604. The first-order chi connectivity index (χ1) is 14.7. The average molecular weight is 457 g/mol. The van der Waals surface area contributed by atoms with E-state index < -0.39 is 11.7 Å². The lowest BCUT2D eigenvalue weighted by Crippen LogP contribution is -2.36. The van der Waals surface area contributed by atoms with E-state index in [1.165, 1.54) is 12.1 Å². The molecule has 0 saturated heterocycles. The molecule has 1 aliphatic carbocycles. The molecule has 0 bridgehead atoms. The summed E-state index contributed by atoms with van der Waals surface area (Å²) in [6, 6.07) is 3.67. The topological polar surface area (TPSA) is 91.8 Å². The third-order valence-electron chi connectivity index (χ3n) is 5.23. The van der Waals surface area contributed by atoms with Crippen LogP contribution in [0.5, 0.6) is 0 Å². The molecular formula is C20H24ClF3N6O. The Kier molecular flexibility index (Phi) is 7.19. The van der Waals surface area contributed by atoms with Crippen LogP contribution in [0.15, 0.2) is 18.2 Å². The van der Waals surface area contributed by atoms with Gasteiger partial charge in [-0.15, -0.1) is 0 Å². The Balaban J connectivity index is 1.53. The summed E-state index contributed by atoms with van der Waals surface area (Å²) in [7, 11) is 1.73. The van der Waals surface area contributed by atoms with Gasteiger partial charge in [-0.25, -0.2) is 0 Å². The number of carbonyl (C=O) groups excluding carboxylic acids is 1. The number of alkyl halides is 3. The van der Waals surface area contributed by atoms with E-state index in [4.69, 9.17) is 11.6 Å². The van der Waals surface area contributed by atoms with Crippen molar-refractivity contribution < 1.29 is 18.0 Å². The Bertz CT molecular complexity index is 932. The van der Waals surface area contributed by atoms with Gasteiger partial charge in [0.15, 0.2) is 0 Å². The third-order valence-corrected chi connectivity index (χ3v) is 5.47. The molecule has 2 aromatic rings. The van der Waals surface area contributed by atoms with E-state index in [1.54, 1.807) is 14.0 Å². The summed E-state index contributed by atoms with van der Waals surface area (Å²) in [4.78, 5) is 25.2. The van der Waals surface area contributed by atoms with Crippen molar-refractivity contribution in [2.24, 2.45) is 5.92 Å². The molecule has 1 amide bonds. The highest BCUT2D eigenvalue weighted by Crippen LogP contribution is 2.34. The first-order valence-electron chi connectivity index (χ1n) is 9.96. The Morgan fingerprint density at radius 3 is 2.45 bits per heavy atom. The van der Waals surface area contributed by atoms with Gasteiger partial charge in [0.05, 0.1) is 5.56 Å². The van der Waals surface area contributed by atoms with Crippen LogP contribution in [0.2, 0.25) is 5.02 Å². The predicted molar refractivity (Wildman–Crippen MR) is 112 cm³/mol. The van der Waals surface area contributed by atoms with E-state index >= 15 is 0 Å². The molecule has 0 radical (unpaired) electrons. The van der Waals surface area contributed by atoms with Crippen molar-refractivity contribution in [3.63, 3.8) is 0 Å². The van der Waals surface area contributed by atoms with E-state index in [1.807, 2.05) is 0 Å². The number of hydrogen-bond donors (Lipinski definition) is 3. The molecule has 3 N–H and O–H groups in total. The number of amides is 1. The molecule has 0 aliphatic heterocycles. The molecule has 31 heavy (non-hydrogen) atoms. The van der Waals surface area contributed by atoms with Gasteiger partial charge in [-0.2, -0.15) is 28.1 Å². The fourth-order valence-electron chi connectivity index (χ4n) is 3.63. The molecule has 1 saturated carbocycles. The molecular weight excluding hydrogens is 433 g/mol. The fourth-order valence-corrected chi connectivity index (χ4v) is 3.81. The van der Waals surface area contributed by atoms with Gasteiger partial charge in [0.25, 0.3) is 0 Å². The number of hydrogen-bond acceptors (Lipinski definition) is 6. The van der Waals surface area contributed by atoms with Gasteiger partial charge in [-0.1, -0.05) is 17.7 Å². The maximum atomic E-state index is 13.2. The van der Waals surface area contributed by atoms with Crippen LogP contribution in [0.3, 0.4) is 0 Å². The molecule has 0 atom stereocenters. The predicted octanol–water partition coefficient (Wildman–Crippen LogP) is 4.18. The van der Waals surface area contributed by atoms with E-state index in [9.17, 15) is 18.0 Å². The molecule has 7 nitrogen and oxygen atoms in total. The Morgan fingerprint density at radius 1 is 1.13 bits per heavy atom. The second-order valence-electron chi connectivity index (χ2n) is 7.49. The second-order valence-corrected chi connectivity index (χ2v) is 7.93. The summed E-state index contributed by atoms with van der Waals surface area (Å²) in [5.74, 6) is 1.06. The van der Waals surface area contributed by atoms with E-state index in [0.717, 1.165) is 18.9 Å². The first kappa shape index (κ1) is 23.1. The van der Waals surface area contributed by atoms with Crippen molar-refractivity contribution in [3.8, 4) is 0 Å². The summed E-state index contributed by atoms with van der Waals surface area (Å²) in [6.07, 6.45) is -1.83. The molecule has 168 valence electrons. The van der Waals surface area contributed by atoms with Crippen LogP contribution in [0.25, 0.3) is 0 Å². The van der Waals surface area contributed by atoms with Gasteiger partial charge < -0.3 is 16.0 Å². The van der Waals surface area contributed by atoms with Gasteiger partial charge in [-0.3, -0.25) is 4.79 Å². The third kappa shape index (κ3) is 6.19. The number of aromatic nitrogens is 3. The van der Waals surface area contributed by atoms with Crippen LogP contribution in [0.1, 0.15) is 42.6 Å². The summed E-state index contributed by atoms with van der Waals surface area (Å²) in [5, 5.41) is 8.80. The SMILES string of the molecule is CNc1nc(C)nc(N[C@H]2CC[C@@H](C(=O)NCc3ccc(Cl)cc3C(F)(F)F)CC2)n1. The molecule has 3 rings (SSSR count). The van der Waals surface area contributed by atoms with Crippen molar-refractivity contribution in [1.82, 2.24) is 20.3 Å². The van der Waals surface area contributed by atoms with E-state index in [2.05, 4.69) is 30.9 Å². The minimum Gasteiger partial charge on any atom is -0.357 e. The highest BCUT2D eigenvalue weighted by Gasteiger charge is 2.34. The lowest BCUT2D eigenvalue weighted by atomic mass is 9.85. The van der Waals surface area contributed by atoms with Gasteiger partial charge >= 0.3 is 6.18 Å². The highest BCUT2D eigenvalue weighted by atomic mass is 35.5. The van der Waals surface area contributed by atoms with Crippen molar-refractivity contribution in [2.75, 3.05) is 17.7 Å². The number of nitrogens with one attached hydrogen (secondary N) is 3. The van der Waals surface area contributed by atoms with E-state index in [-0.39, 0.29) is 35.0 Å². The van der Waals surface area contributed by atoms with Crippen molar-refractivity contribution >= 4 is 29.4 Å². The molecule has 1 heterocycles. The van der Waals surface area contributed by atoms with Crippen LogP contribution in [-0.4, -0.2) is 33.9 Å². The maximum absolute atomic E-state index is 13.2. The van der Waals surface area contributed by atoms with Crippen molar-refractivity contribution in [3.05, 3.63) is 40.2 Å². The van der Waals surface area contributed by atoms with Gasteiger partial charge in [0.2, 0.25) is 17.8 Å². The Hall–Kier alpha value is -2.62. The zero-order chi connectivity index (χ0) is 22.6. The number of benzene rings is 1. The summed E-state index contributed by atoms with van der Waals surface area (Å²) in [5.41, 5.74) is -0.840. The van der Waals surface area contributed by atoms with Crippen LogP contribution in [0.4, 0.5) is 25.1 Å². The Labute approximate surface area is 183 Å². The highest BCUT2D eigenvalue weighted by molar-refractivity contribution is 6.30. The van der Waals surface area contributed by atoms with Gasteiger partial charge in [0.1, 0.15) is 5.82 Å². The van der Waals surface area contributed by atoms with Crippen LogP contribution >= 0.6 is 11.6 Å². The van der Waals surface area contributed by atoms with Crippen molar-refractivity contribution in [1.29, 1.82) is 0 Å². The maximum Gasteiger partial charge on any atom is 0.416 e. The van der Waals surface area contributed by atoms with Gasteiger partial charge in [-0.05, 0) is 50.3 Å². The fraction of sp³-hybridized carbons (Fsp3) is 0.500. The number of halogens is 4. The largest absolute Gasteiger partial charge is 0.416 e. The minimum atomic E-state index is -4.53. The average Bonchev–Trinajstić information content (AvgIpc) is 2.72. The molecule has 0 unspecified atom stereocenters. The minimum absolute atomic E-state index is 0.00318. The standard InChI is InChI=1S/C20H24ClF3N6O/c1-11-27-18(25-2)30-19(28-11)29-15-7-4-12(5-8-15)17(31)26-10-13-3-6-14(21)9-16(13)20(22,23)24/h3,6,9,12,15H,4-5,7-8,10H2,1-2H3,(H,26,31)(H2,25,27,28,29,30)/t12-,15+. The van der Waals surface area contributed by atoms with Crippen LogP contribution < -0.4 is 16.0 Å². The number of anilines is 2. The number of carbonyl (C=O) groups is 1. The normalized spacial score (nSPS) is 19.0. The van der Waals surface area contributed by atoms with Crippen LogP contribution in [-0.2, 0) is 17.5 Å². The van der Waals surface area contributed by atoms with Crippen molar-refractivity contribution in [2.45, 2.75) is 51.4 Å². The lowest BCUT2D eigenvalue weighted by Gasteiger charge is -2.28. The first-order valence-corrected chi connectivity index (χ1v) is 10.3. The van der Waals surface area contributed by atoms with E-state index in [0.29, 0.717) is 30.6 Å². The Morgan fingerprint density at radius 2 is 1.81 bits per heavy atom. The summed E-state index contributed by atoms with van der Waals surface area (Å²) >= 11 is 5.70. The molecule has 1 aliphatic rings. The summed E-state index contributed by atoms with van der Waals surface area (Å²) < 4.78 is 39.6. The van der Waals surface area contributed by atoms with Gasteiger partial charge in [0, 0.05) is 30.6 Å². The number of rotatable bonds is 6. The smallest absolute Gasteiger partial charge is 0.357 e. The number of nitrogens with zero attached hydrogens (tertiary/aromatic N) is 3. The lowest BCUT2D eigenvalue weighted by molar-refractivity contribution is -0.138. The number of aryl methyl sites for hydroxylation is 1. The zero-order valence-corrected chi connectivity index (χ0v) is 17.9. The zero-order valence-electron chi connectivity index (χ0n) is 17.2. The molecule has 1 aromatic carbocycles. The second kappa shape index (κ2) is 9.67. The molecule has 1 fully saturated rings. The summed E-state index contributed by atoms with van der Waals surface area (Å²) in [6.45, 7) is 1.58. The molecule has 1 aromatic heterocycles. The molecule has 0 spiro atoms. The van der Waals surface area contributed by atoms with Crippen LogP contribution in [0, 0.1) is 12.8 Å². The monoisotopic (exact) mass is 456 g/mol. The molecule has 11 heteroatoms.